The Kier molecular flexibility index (Phi) is 6.26. The van der Waals surface area contributed by atoms with E-state index in [9.17, 15) is 9.90 Å². The van der Waals surface area contributed by atoms with Crippen molar-refractivity contribution in [2.45, 2.75) is 117 Å². The van der Waals surface area contributed by atoms with Gasteiger partial charge in [0, 0.05) is 6.42 Å². The van der Waals surface area contributed by atoms with Crippen LogP contribution in [0.4, 0.5) is 0 Å². The number of hydrogen-bond donors (Lipinski definition) is 1. The van der Waals surface area contributed by atoms with Crippen molar-refractivity contribution in [3.63, 3.8) is 0 Å². The molecule has 0 aromatic carbocycles. The molecule has 0 aromatic heterocycles. The summed E-state index contributed by atoms with van der Waals surface area (Å²) < 4.78 is 6.04. The first-order valence-corrected chi connectivity index (χ1v) is 15.6. The van der Waals surface area contributed by atoms with Gasteiger partial charge in [-0.15, -0.1) is 0 Å². The maximum absolute atomic E-state index is 12.5. The van der Waals surface area contributed by atoms with Crippen LogP contribution in [0, 0.1) is 70.0 Å². The van der Waals surface area contributed by atoms with Crippen LogP contribution in [-0.2, 0) is 9.53 Å². The number of rotatable bonds is 4. The average molecular weight is 497 g/mol. The molecule has 202 valence electrons. The smallest absolute Gasteiger partial charge is 0.306 e. The Hall–Kier alpha value is -0.830. The van der Waals surface area contributed by atoms with Crippen molar-refractivity contribution in [2.75, 3.05) is 0 Å². The monoisotopic (exact) mass is 496 g/mol. The highest BCUT2D eigenvalue weighted by Crippen LogP contribution is 2.71. The maximum Gasteiger partial charge on any atom is 0.306 e. The topological polar surface area (TPSA) is 46.5 Å². The zero-order chi connectivity index (χ0) is 25.6. The van der Waals surface area contributed by atoms with E-state index in [1.165, 1.54) is 50.5 Å². The first-order valence-electron chi connectivity index (χ1n) is 15.6. The van der Waals surface area contributed by atoms with Crippen molar-refractivity contribution in [1.29, 1.82) is 0 Å². The van der Waals surface area contributed by atoms with Gasteiger partial charge in [-0.05, 0) is 128 Å². The molecule has 1 heterocycles. The Morgan fingerprint density at radius 2 is 1.72 bits per heavy atom. The highest BCUT2D eigenvalue weighted by molar-refractivity contribution is 5.70. The van der Waals surface area contributed by atoms with Crippen LogP contribution in [0.25, 0.3) is 0 Å². The van der Waals surface area contributed by atoms with Gasteiger partial charge in [0.15, 0.2) is 0 Å². The Bertz CT molecular complexity index is 889. The number of carbonyl (C=O) groups is 1. The standard InChI is InChI=1S/C33H52O3/c1-18(2)22-15-28(36-29(35)16-22)20(4)25-14-19(3)31-30-24(11-13-33(25,31)6)32(5)12-7-8-23(21-9-10-21)26(32)17-27(30)34/h18,20-28,30-31,34H,3,7-17H2,1-2,4-6H3. The number of aliphatic hydroxyl groups is 1. The van der Waals surface area contributed by atoms with Crippen molar-refractivity contribution in [3.8, 4) is 0 Å². The fraction of sp³-hybridized carbons (Fsp3) is 0.909. The summed E-state index contributed by atoms with van der Waals surface area (Å²) in [6.45, 7) is 16.7. The zero-order valence-electron chi connectivity index (χ0n) is 23.7. The van der Waals surface area contributed by atoms with E-state index in [0.29, 0.717) is 53.3 Å². The minimum Gasteiger partial charge on any atom is -0.462 e. The molecule has 12 atom stereocenters. The summed E-state index contributed by atoms with van der Waals surface area (Å²) in [7, 11) is 0. The second kappa shape index (κ2) is 8.85. The lowest BCUT2D eigenvalue weighted by Crippen LogP contribution is -2.59. The highest BCUT2D eigenvalue weighted by atomic mass is 16.5. The maximum atomic E-state index is 12.5. The molecule has 12 unspecified atom stereocenters. The summed E-state index contributed by atoms with van der Waals surface area (Å²) in [6.07, 6.45) is 13.0. The molecule has 0 bridgehead atoms. The van der Waals surface area contributed by atoms with Crippen LogP contribution in [0.2, 0.25) is 0 Å². The minimum absolute atomic E-state index is 0.00298. The van der Waals surface area contributed by atoms with E-state index in [0.717, 1.165) is 37.0 Å². The predicted octanol–water partition coefficient (Wildman–Crippen LogP) is 7.42. The lowest BCUT2D eigenvalue weighted by atomic mass is 9.42. The molecule has 6 aliphatic rings. The van der Waals surface area contributed by atoms with Crippen molar-refractivity contribution in [3.05, 3.63) is 12.2 Å². The van der Waals surface area contributed by atoms with Gasteiger partial charge in [-0.25, -0.2) is 0 Å². The SMILES string of the molecule is C=C1CC(C(C)C2CC(C(C)C)CC(=O)O2)C2(C)CCC3C(C(O)CC4C(C5CC5)CCCC43C)C12. The number of hydrogen-bond acceptors (Lipinski definition) is 3. The van der Waals surface area contributed by atoms with Crippen LogP contribution >= 0.6 is 0 Å². The molecule has 36 heavy (non-hydrogen) atoms. The van der Waals surface area contributed by atoms with Crippen LogP contribution in [-0.4, -0.2) is 23.3 Å². The number of fused-ring (bicyclic) bond motifs is 5. The van der Waals surface area contributed by atoms with Crippen molar-refractivity contribution < 1.29 is 14.6 Å². The predicted molar refractivity (Wildman–Crippen MR) is 144 cm³/mol. The molecule has 0 amide bonds. The molecule has 3 nitrogen and oxygen atoms in total. The van der Waals surface area contributed by atoms with Gasteiger partial charge in [0.1, 0.15) is 6.10 Å². The van der Waals surface area contributed by atoms with Gasteiger partial charge < -0.3 is 9.84 Å². The summed E-state index contributed by atoms with van der Waals surface area (Å²) in [6, 6.07) is 0. The molecule has 6 fully saturated rings. The molecule has 0 radical (unpaired) electrons. The average Bonchev–Trinajstić information content (AvgIpc) is 3.63. The third-order valence-electron chi connectivity index (χ3n) is 13.4. The molecule has 0 spiro atoms. The molecule has 3 heteroatoms. The van der Waals surface area contributed by atoms with E-state index in [2.05, 4.69) is 34.6 Å². The van der Waals surface area contributed by atoms with E-state index in [1.807, 2.05) is 0 Å². The molecular weight excluding hydrogens is 444 g/mol. The quantitative estimate of drug-likeness (QED) is 0.325. The number of ether oxygens (including phenoxy) is 1. The van der Waals surface area contributed by atoms with Crippen LogP contribution in [0.3, 0.4) is 0 Å². The first kappa shape index (κ1) is 25.4. The van der Waals surface area contributed by atoms with Gasteiger partial charge in [0.25, 0.3) is 0 Å². The number of aliphatic hydroxyl groups excluding tert-OH is 1. The summed E-state index contributed by atoms with van der Waals surface area (Å²) in [4.78, 5) is 12.5. The summed E-state index contributed by atoms with van der Waals surface area (Å²) >= 11 is 0. The van der Waals surface area contributed by atoms with Crippen LogP contribution in [0.15, 0.2) is 12.2 Å². The van der Waals surface area contributed by atoms with Crippen LogP contribution in [0.5, 0.6) is 0 Å². The van der Waals surface area contributed by atoms with E-state index < -0.39 is 0 Å². The Balaban J connectivity index is 1.27. The van der Waals surface area contributed by atoms with Gasteiger partial charge in [0.2, 0.25) is 0 Å². The molecule has 0 aromatic rings. The normalized spacial score (nSPS) is 51.8. The van der Waals surface area contributed by atoms with Crippen molar-refractivity contribution in [1.82, 2.24) is 0 Å². The van der Waals surface area contributed by atoms with Gasteiger partial charge in [0.05, 0.1) is 6.10 Å². The van der Waals surface area contributed by atoms with E-state index in [1.54, 1.807) is 0 Å². The molecule has 1 aliphatic heterocycles. The van der Waals surface area contributed by atoms with Gasteiger partial charge in [-0.1, -0.05) is 53.2 Å². The molecule has 5 aliphatic carbocycles. The third-order valence-corrected chi connectivity index (χ3v) is 13.4. The Morgan fingerprint density at radius 1 is 0.972 bits per heavy atom. The Labute approximate surface area is 220 Å². The third kappa shape index (κ3) is 3.79. The van der Waals surface area contributed by atoms with Gasteiger partial charge >= 0.3 is 5.97 Å². The van der Waals surface area contributed by atoms with Crippen molar-refractivity contribution >= 4 is 5.97 Å². The largest absolute Gasteiger partial charge is 0.462 e. The van der Waals surface area contributed by atoms with Gasteiger partial charge in [-0.3, -0.25) is 4.79 Å². The number of cyclic esters (lactones) is 1. The van der Waals surface area contributed by atoms with E-state index in [4.69, 9.17) is 11.3 Å². The molecule has 5 saturated carbocycles. The number of carbonyl (C=O) groups excluding carboxylic acids is 1. The minimum atomic E-state index is -0.180. The van der Waals surface area contributed by atoms with Gasteiger partial charge in [-0.2, -0.15) is 0 Å². The molecule has 6 rings (SSSR count). The first-order chi connectivity index (χ1) is 17.0. The second-order valence-electron chi connectivity index (χ2n) is 15.3. The second-order valence-corrected chi connectivity index (χ2v) is 15.3. The zero-order valence-corrected chi connectivity index (χ0v) is 23.7. The summed E-state index contributed by atoms with van der Waals surface area (Å²) in [5, 5.41) is 11.9. The number of allylic oxidation sites excluding steroid dienone is 1. The molecule has 1 saturated heterocycles. The van der Waals surface area contributed by atoms with E-state index >= 15 is 0 Å². The summed E-state index contributed by atoms with van der Waals surface area (Å²) in [5.74, 6) is 5.74. The summed E-state index contributed by atoms with van der Waals surface area (Å²) in [5.41, 5.74) is 1.94. The molecule has 1 N–H and O–H groups in total. The fourth-order valence-electron chi connectivity index (χ4n) is 11.3. The highest BCUT2D eigenvalue weighted by Gasteiger charge is 2.65. The van der Waals surface area contributed by atoms with Crippen LogP contribution < -0.4 is 0 Å². The van der Waals surface area contributed by atoms with E-state index in [-0.39, 0.29) is 23.6 Å². The Morgan fingerprint density at radius 3 is 2.42 bits per heavy atom. The fourth-order valence-corrected chi connectivity index (χ4v) is 11.3. The lowest BCUT2D eigenvalue weighted by Gasteiger charge is -2.63. The lowest BCUT2D eigenvalue weighted by molar-refractivity contribution is -0.179. The van der Waals surface area contributed by atoms with Crippen LogP contribution in [0.1, 0.15) is 105 Å². The van der Waals surface area contributed by atoms with Crippen molar-refractivity contribution in [2.24, 2.45) is 70.0 Å². The molecular formula is C33H52O3. The number of esters is 1.